The average molecular weight is 524 g/mol. The fraction of sp³-hybridized carbons (Fsp3) is 0.345. The van der Waals surface area contributed by atoms with E-state index in [1.165, 1.54) is 0 Å². The van der Waals surface area contributed by atoms with Crippen molar-refractivity contribution >= 4 is 22.6 Å². The number of amides is 1. The van der Waals surface area contributed by atoms with Gasteiger partial charge in [0.25, 0.3) is 5.91 Å². The van der Waals surface area contributed by atoms with Crippen molar-refractivity contribution < 1.29 is 18.8 Å². The summed E-state index contributed by atoms with van der Waals surface area (Å²) in [5.74, 6) is 0.609. The van der Waals surface area contributed by atoms with Gasteiger partial charge in [0.2, 0.25) is 0 Å². The first kappa shape index (κ1) is 28.4. The Kier molecular flexibility index (Phi) is 10.3. The molecule has 4 N–H and O–H groups in total. The van der Waals surface area contributed by atoms with Gasteiger partial charge in [-0.15, -0.1) is 0 Å². The van der Waals surface area contributed by atoms with Crippen LogP contribution in [0.1, 0.15) is 35.3 Å². The van der Waals surface area contributed by atoms with Crippen LogP contribution in [0.2, 0.25) is 0 Å². The number of nitrogens with zero attached hydrogens (tertiary/aromatic N) is 1. The van der Waals surface area contributed by atoms with Gasteiger partial charge < -0.3 is 20.9 Å². The Morgan fingerprint density at radius 2 is 1.73 bits per heavy atom. The van der Waals surface area contributed by atoms with Gasteiger partial charge in [-0.25, -0.2) is 8.51 Å². The van der Waals surface area contributed by atoms with Gasteiger partial charge in [-0.2, -0.15) is 0 Å². The molecule has 0 fully saturated rings. The molecule has 3 atom stereocenters. The second-order valence-corrected chi connectivity index (χ2v) is 11.1. The van der Waals surface area contributed by atoms with Gasteiger partial charge >= 0.3 is 0 Å². The molecule has 7 nitrogen and oxygen atoms in total. The lowest BCUT2D eigenvalue weighted by molar-refractivity contribution is 0.0779. The van der Waals surface area contributed by atoms with Crippen molar-refractivity contribution in [3.8, 4) is 5.75 Å². The van der Waals surface area contributed by atoms with Gasteiger partial charge in [0.1, 0.15) is 16.7 Å². The summed E-state index contributed by atoms with van der Waals surface area (Å²) >= 11 is 0. The molecule has 198 valence electrons. The van der Waals surface area contributed by atoms with E-state index in [1.807, 2.05) is 51.1 Å². The molecule has 0 saturated carbocycles. The molecule has 0 aliphatic heterocycles. The summed E-state index contributed by atoms with van der Waals surface area (Å²) < 4.78 is 20.5. The van der Waals surface area contributed by atoms with Crippen molar-refractivity contribution in [2.75, 3.05) is 25.9 Å². The van der Waals surface area contributed by atoms with E-state index in [0.29, 0.717) is 34.9 Å². The zero-order valence-corrected chi connectivity index (χ0v) is 22.7. The fourth-order valence-electron chi connectivity index (χ4n) is 4.13. The largest absolute Gasteiger partial charge is 0.497 e. The fourth-order valence-corrected chi connectivity index (χ4v) is 5.52. The van der Waals surface area contributed by atoms with Gasteiger partial charge in [0.05, 0.1) is 24.2 Å². The number of rotatable bonds is 12. The van der Waals surface area contributed by atoms with Gasteiger partial charge in [-0.05, 0) is 72.9 Å². The minimum Gasteiger partial charge on any atom is -0.497 e. The Morgan fingerprint density at radius 3 is 2.32 bits per heavy atom. The molecular weight excluding hydrogens is 486 g/mol. The maximum absolute atomic E-state index is 13.5. The number of nitrogens with one attached hydrogen (secondary N) is 1. The molecule has 0 bridgehead atoms. The van der Waals surface area contributed by atoms with Crippen molar-refractivity contribution in [3.05, 3.63) is 89.5 Å². The quantitative estimate of drug-likeness (QED) is 0.312. The highest BCUT2D eigenvalue weighted by molar-refractivity contribution is 7.82. The van der Waals surface area contributed by atoms with Crippen molar-refractivity contribution in [2.24, 2.45) is 5.92 Å². The topological polar surface area (TPSA) is 105 Å². The van der Waals surface area contributed by atoms with Crippen LogP contribution in [-0.4, -0.2) is 51.9 Å². The number of anilines is 1. The summed E-state index contributed by atoms with van der Waals surface area (Å²) in [4.78, 5) is 13.8. The van der Waals surface area contributed by atoms with Crippen LogP contribution < -0.4 is 15.8 Å². The molecule has 0 saturated heterocycles. The van der Waals surface area contributed by atoms with Crippen molar-refractivity contribution in [1.82, 2.24) is 9.62 Å². The van der Waals surface area contributed by atoms with Crippen molar-refractivity contribution in [3.63, 3.8) is 0 Å². The molecule has 0 aliphatic carbocycles. The summed E-state index contributed by atoms with van der Waals surface area (Å²) in [6.07, 6.45) is -0.550. The van der Waals surface area contributed by atoms with Crippen LogP contribution in [0.3, 0.4) is 0 Å². The van der Waals surface area contributed by atoms with E-state index in [0.717, 1.165) is 11.1 Å². The summed E-state index contributed by atoms with van der Waals surface area (Å²) in [5.41, 5.74) is 8.67. The number of aliphatic hydroxyl groups is 1. The first-order chi connectivity index (χ1) is 17.7. The van der Waals surface area contributed by atoms with Crippen LogP contribution in [0.25, 0.3) is 0 Å². The van der Waals surface area contributed by atoms with E-state index in [-0.39, 0.29) is 18.4 Å². The van der Waals surface area contributed by atoms with E-state index >= 15 is 0 Å². The minimum atomic E-state index is -1.50. The minimum absolute atomic E-state index is 0.120. The summed E-state index contributed by atoms with van der Waals surface area (Å²) in [7, 11) is 0.0844. The number of nitrogens with two attached hydrogens (primary N) is 1. The highest BCUT2D eigenvalue weighted by Gasteiger charge is 2.28. The number of nitrogen functional groups attached to an aromatic ring is 1. The molecule has 0 spiro atoms. The Bertz CT molecular complexity index is 1190. The summed E-state index contributed by atoms with van der Waals surface area (Å²) in [6.45, 7) is 6.54. The van der Waals surface area contributed by atoms with Gasteiger partial charge in [0, 0.05) is 24.3 Å². The van der Waals surface area contributed by atoms with Gasteiger partial charge in [-0.1, -0.05) is 44.2 Å². The molecule has 1 amide bonds. The average Bonchev–Trinajstić information content (AvgIpc) is 2.87. The Labute approximate surface area is 222 Å². The first-order valence-corrected chi connectivity index (χ1v) is 13.5. The number of hydrogen-bond donors (Lipinski definition) is 3. The number of benzene rings is 3. The number of aryl methyl sites for hydroxylation is 1. The standard InChI is InChI=1S/C29H37N3O4S/c1-20(2)18-32(37(35)25-13-11-24(36-4)12-14-25)19-28(33)27(17-22-8-6-5-7-9-22)31-29(34)26-15-10-23(30)16-21(26)3/h5-16,20,27-28,33H,17-19,30H2,1-4H3,(H,31,34)/t27-,28+,37?/m0/s1. The zero-order valence-electron chi connectivity index (χ0n) is 21.9. The van der Waals surface area contributed by atoms with Crippen LogP contribution in [0.4, 0.5) is 5.69 Å². The number of methoxy groups -OCH3 is 1. The van der Waals surface area contributed by atoms with Gasteiger partial charge in [-0.3, -0.25) is 4.79 Å². The molecule has 3 rings (SSSR count). The van der Waals surface area contributed by atoms with Crippen LogP contribution in [-0.2, 0) is 17.4 Å². The predicted octanol–water partition coefficient (Wildman–Crippen LogP) is 3.97. The third kappa shape index (κ3) is 8.15. The maximum atomic E-state index is 13.5. The number of aliphatic hydroxyl groups excluding tert-OH is 1. The van der Waals surface area contributed by atoms with E-state index in [9.17, 15) is 14.1 Å². The smallest absolute Gasteiger partial charge is 0.251 e. The maximum Gasteiger partial charge on any atom is 0.251 e. The molecule has 8 heteroatoms. The molecule has 0 aromatic heterocycles. The lowest BCUT2D eigenvalue weighted by Gasteiger charge is -2.30. The van der Waals surface area contributed by atoms with Crippen molar-refractivity contribution in [1.29, 1.82) is 0 Å². The molecule has 3 aromatic rings. The number of carbonyl (C=O) groups is 1. The number of ether oxygens (including phenoxy) is 1. The molecule has 37 heavy (non-hydrogen) atoms. The molecular formula is C29H37N3O4S. The first-order valence-electron chi connectivity index (χ1n) is 12.4. The third-order valence-corrected chi connectivity index (χ3v) is 7.47. The Hall–Kier alpha value is -3.20. The Morgan fingerprint density at radius 1 is 1.05 bits per heavy atom. The van der Waals surface area contributed by atoms with E-state index in [1.54, 1.807) is 53.9 Å². The molecule has 0 aliphatic rings. The molecule has 1 unspecified atom stereocenters. The monoisotopic (exact) mass is 523 g/mol. The third-order valence-electron chi connectivity index (χ3n) is 6.03. The number of carbonyl (C=O) groups excluding carboxylic acids is 1. The van der Waals surface area contributed by atoms with E-state index in [2.05, 4.69) is 5.32 Å². The van der Waals surface area contributed by atoms with Crippen molar-refractivity contribution in [2.45, 2.75) is 44.2 Å². The molecule has 3 aromatic carbocycles. The van der Waals surface area contributed by atoms with Crippen LogP contribution >= 0.6 is 0 Å². The van der Waals surface area contributed by atoms with Crippen LogP contribution in [0.5, 0.6) is 5.75 Å². The molecule has 0 heterocycles. The Balaban J connectivity index is 1.84. The summed E-state index contributed by atoms with van der Waals surface area (Å²) in [5, 5.41) is 14.4. The lowest BCUT2D eigenvalue weighted by Crippen LogP contribution is -2.50. The highest BCUT2D eigenvalue weighted by Crippen LogP contribution is 2.19. The normalized spacial score (nSPS) is 13.8. The highest BCUT2D eigenvalue weighted by atomic mass is 32.2. The second kappa shape index (κ2) is 13.4. The van der Waals surface area contributed by atoms with E-state index in [4.69, 9.17) is 10.5 Å². The summed E-state index contributed by atoms with van der Waals surface area (Å²) in [6, 6.07) is 21.3. The lowest BCUT2D eigenvalue weighted by atomic mass is 9.99. The predicted molar refractivity (Wildman–Crippen MR) is 149 cm³/mol. The van der Waals surface area contributed by atoms with Crippen LogP contribution in [0, 0.1) is 12.8 Å². The number of hydrogen-bond acceptors (Lipinski definition) is 5. The van der Waals surface area contributed by atoms with Gasteiger partial charge in [0.15, 0.2) is 0 Å². The zero-order chi connectivity index (χ0) is 26.9. The van der Waals surface area contributed by atoms with Crippen LogP contribution in [0.15, 0.2) is 77.7 Å². The second-order valence-electron chi connectivity index (χ2n) is 9.58. The van der Waals surface area contributed by atoms with E-state index < -0.39 is 23.1 Å². The molecule has 0 radical (unpaired) electrons. The SMILES string of the molecule is COc1ccc(S(=O)N(CC(C)C)C[C@@H](O)[C@H](Cc2ccccc2)NC(=O)c2ccc(N)cc2C)cc1.